The fraction of sp³-hybridized carbons (Fsp3) is 0.333. The lowest BCUT2D eigenvalue weighted by atomic mass is 10.1. The fourth-order valence-corrected chi connectivity index (χ4v) is 3.76. The molecule has 10 heteroatoms. The number of benzene rings is 2. The normalized spacial score (nSPS) is 13.4. The predicted octanol–water partition coefficient (Wildman–Crippen LogP) is 3.18. The maximum absolute atomic E-state index is 12.6. The van der Waals surface area contributed by atoms with Crippen molar-refractivity contribution in [2.45, 2.75) is 17.3 Å². The Hall–Kier alpha value is -2.30. The summed E-state index contributed by atoms with van der Waals surface area (Å²) in [5.74, 6) is -0.179. The standard InChI is InChI=1S/C18H21F3N2O4S/c1-23(2)15(13-7-6-8-14(11-13)26-3)12-22-28(24,25)17-10-5-4-9-16(17)27-18(19,20)21/h4-11,15,22H,12H2,1-3H3/t15-/m0/s1. The van der Waals surface area contributed by atoms with E-state index in [-0.39, 0.29) is 12.6 Å². The molecule has 0 spiro atoms. The number of halogens is 3. The third kappa shape index (κ3) is 5.85. The van der Waals surface area contributed by atoms with Crippen molar-refractivity contribution in [2.24, 2.45) is 0 Å². The molecule has 0 aliphatic carbocycles. The SMILES string of the molecule is COc1cccc([C@H](CNS(=O)(=O)c2ccccc2OC(F)(F)F)N(C)C)c1. The molecule has 0 saturated heterocycles. The number of likely N-dealkylation sites (N-methyl/N-ethyl adjacent to an activating group) is 1. The second-order valence-corrected chi connectivity index (χ2v) is 7.84. The van der Waals surface area contributed by atoms with Crippen molar-refractivity contribution in [2.75, 3.05) is 27.7 Å². The van der Waals surface area contributed by atoms with Gasteiger partial charge in [-0.15, -0.1) is 13.2 Å². The van der Waals surface area contributed by atoms with E-state index in [1.807, 2.05) is 6.07 Å². The molecule has 0 aliphatic heterocycles. The molecule has 2 aromatic rings. The van der Waals surface area contributed by atoms with Crippen molar-refractivity contribution >= 4 is 10.0 Å². The van der Waals surface area contributed by atoms with E-state index in [0.717, 1.165) is 17.7 Å². The summed E-state index contributed by atoms with van der Waals surface area (Å²) < 4.78 is 74.3. The number of nitrogens with one attached hydrogen (secondary N) is 1. The minimum absolute atomic E-state index is 0.0666. The summed E-state index contributed by atoms with van der Waals surface area (Å²) in [6.07, 6.45) is -5.00. The number of methoxy groups -OCH3 is 1. The van der Waals surface area contributed by atoms with Gasteiger partial charge in [-0.3, -0.25) is 0 Å². The fourth-order valence-electron chi connectivity index (χ4n) is 2.59. The van der Waals surface area contributed by atoms with E-state index in [1.54, 1.807) is 37.2 Å². The quantitative estimate of drug-likeness (QED) is 0.713. The molecule has 154 valence electrons. The van der Waals surface area contributed by atoms with Crippen LogP contribution in [0.15, 0.2) is 53.4 Å². The molecule has 1 atom stereocenters. The Bertz CT molecular complexity index is 902. The highest BCUT2D eigenvalue weighted by atomic mass is 32.2. The molecule has 0 fully saturated rings. The number of rotatable bonds is 8. The molecule has 28 heavy (non-hydrogen) atoms. The molecule has 0 aliphatic rings. The zero-order chi connectivity index (χ0) is 20.9. The molecular formula is C18H21F3N2O4S. The van der Waals surface area contributed by atoms with Gasteiger partial charge >= 0.3 is 6.36 Å². The summed E-state index contributed by atoms with van der Waals surface area (Å²) in [4.78, 5) is 1.20. The molecule has 0 amide bonds. The minimum Gasteiger partial charge on any atom is -0.497 e. The minimum atomic E-state index is -5.00. The van der Waals surface area contributed by atoms with Gasteiger partial charge < -0.3 is 14.4 Å². The van der Waals surface area contributed by atoms with E-state index in [1.165, 1.54) is 19.2 Å². The average Bonchev–Trinajstić information content (AvgIpc) is 2.60. The summed E-state index contributed by atoms with van der Waals surface area (Å²) in [6, 6.07) is 11.3. The van der Waals surface area contributed by atoms with Crippen LogP contribution < -0.4 is 14.2 Å². The van der Waals surface area contributed by atoms with Gasteiger partial charge in [-0.25, -0.2) is 13.1 Å². The Balaban J connectivity index is 2.26. The van der Waals surface area contributed by atoms with Crippen LogP contribution in [-0.4, -0.2) is 47.4 Å². The maximum Gasteiger partial charge on any atom is 0.573 e. The molecule has 0 bridgehead atoms. The van der Waals surface area contributed by atoms with Crippen LogP contribution in [-0.2, 0) is 10.0 Å². The van der Waals surface area contributed by atoms with Crippen LogP contribution in [0, 0.1) is 0 Å². The number of hydrogen-bond donors (Lipinski definition) is 1. The van der Waals surface area contributed by atoms with Crippen molar-refractivity contribution in [3.05, 3.63) is 54.1 Å². The van der Waals surface area contributed by atoms with Crippen LogP contribution in [0.2, 0.25) is 0 Å². The van der Waals surface area contributed by atoms with Gasteiger partial charge in [0.25, 0.3) is 0 Å². The Kier molecular flexibility index (Phi) is 6.91. The van der Waals surface area contributed by atoms with Crippen molar-refractivity contribution in [1.29, 1.82) is 0 Å². The van der Waals surface area contributed by atoms with Crippen molar-refractivity contribution in [3.8, 4) is 11.5 Å². The molecule has 0 aromatic heterocycles. The Morgan fingerprint density at radius 2 is 1.79 bits per heavy atom. The monoisotopic (exact) mass is 418 g/mol. The van der Waals surface area contributed by atoms with Crippen LogP contribution in [0.5, 0.6) is 11.5 Å². The maximum atomic E-state index is 12.6. The van der Waals surface area contributed by atoms with Crippen LogP contribution in [0.4, 0.5) is 13.2 Å². The third-order valence-corrected chi connectivity index (χ3v) is 5.40. The van der Waals surface area contributed by atoms with Crippen molar-refractivity contribution in [1.82, 2.24) is 9.62 Å². The second kappa shape index (κ2) is 8.80. The van der Waals surface area contributed by atoms with Gasteiger partial charge in [0, 0.05) is 12.6 Å². The number of hydrogen-bond acceptors (Lipinski definition) is 5. The van der Waals surface area contributed by atoms with Crippen LogP contribution in [0.3, 0.4) is 0 Å². The van der Waals surface area contributed by atoms with Gasteiger partial charge in [0.15, 0.2) is 0 Å². The zero-order valence-corrected chi connectivity index (χ0v) is 16.3. The van der Waals surface area contributed by atoms with Gasteiger partial charge in [-0.2, -0.15) is 0 Å². The van der Waals surface area contributed by atoms with Crippen LogP contribution >= 0.6 is 0 Å². The molecular weight excluding hydrogens is 397 g/mol. The summed E-state index contributed by atoms with van der Waals surface area (Å²) in [5, 5.41) is 0. The van der Waals surface area contributed by atoms with E-state index in [2.05, 4.69) is 9.46 Å². The highest BCUT2D eigenvalue weighted by Crippen LogP contribution is 2.30. The lowest BCUT2D eigenvalue weighted by Gasteiger charge is -2.25. The lowest BCUT2D eigenvalue weighted by Crippen LogP contribution is -2.35. The zero-order valence-electron chi connectivity index (χ0n) is 15.5. The number of sulfonamides is 1. The van der Waals surface area contributed by atoms with Crippen molar-refractivity contribution in [3.63, 3.8) is 0 Å². The first kappa shape index (κ1) is 22.0. The highest BCUT2D eigenvalue weighted by molar-refractivity contribution is 7.89. The molecule has 0 saturated carbocycles. The van der Waals surface area contributed by atoms with Gasteiger partial charge in [-0.1, -0.05) is 24.3 Å². The largest absolute Gasteiger partial charge is 0.573 e. The van der Waals surface area contributed by atoms with E-state index in [0.29, 0.717) is 5.75 Å². The predicted molar refractivity (Wildman–Crippen MR) is 97.7 cm³/mol. The molecule has 2 aromatic carbocycles. The Labute approximate surface area is 161 Å². The number of nitrogens with zero attached hydrogens (tertiary/aromatic N) is 1. The van der Waals surface area contributed by atoms with Gasteiger partial charge in [0.2, 0.25) is 10.0 Å². The highest BCUT2D eigenvalue weighted by Gasteiger charge is 2.34. The van der Waals surface area contributed by atoms with Crippen LogP contribution in [0.1, 0.15) is 11.6 Å². The first-order valence-electron chi connectivity index (χ1n) is 8.18. The lowest BCUT2D eigenvalue weighted by molar-refractivity contribution is -0.275. The number of alkyl halides is 3. The van der Waals surface area contributed by atoms with Crippen LogP contribution in [0.25, 0.3) is 0 Å². The summed E-state index contributed by atoms with van der Waals surface area (Å²) >= 11 is 0. The summed E-state index contributed by atoms with van der Waals surface area (Å²) in [7, 11) is 0.796. The van der Waals surface area contributed by atoms with E-state index < -0.39 is 27.0 Å². The molecule has 1 N–H and O–H groups in total. The first-order valence-corrected chi connectivity index (χ1v) is 9.66. The summed E-state index contributed by atoms with van der Waals surface area (Å²) in [6.45, 7) is -0.0666. The Morgan fingerprint density at radius 3 is 2.39 bits per heavy atom. The van der Waals surface area contributed by atoms with Gasteiger partial charge in [0.1, 0.15) is 16.4 Å². The van der Waals surface area contributed by atoms with E-state index in [9.17, 15) is 21.6 Å². The number of para-hydroxylation sites is 1. The second-order valence-electron chi connectivity index (χ2n) is 6.10. The number of ether oxygens (including phenoxy) is 2. The average molecular weight is 418 g/mol. The smallest absolute Gasteiger partial charge is 0.497 e. The molecule has 0 heterocycles. The molecule has 0 radical (unpaired) electrons. The molecule has 2 rings (SSSR count). The van der Waals surface area contributed by atoms with E-state index in [4.69, 9.17) is 4.74 Å². The van der Waals surface area contributed by atoms with Crippen molar-refractivity contribution < 1.29 is 31.1 Å². The van der Waals surface area contributed by atoms with Gasteiger partial charge in [0.05, 0.1) is 7.11 Å². The van der Waals surface area contributed by atoms with E-state index >= 15 is 0 Å². The topological polar surface area (TPSA) is 67.9 Å². The molecule has 0 unspecified atom stereocenters. The Morgan fingerprint density at radius 1 is 1.11 bits per heavy atom. The molecule has 6 nitrogen and oxygen atoms in total. The third-order valence-electron chi connectivity index (χ3n) is 3.93. The van der Waals surface area contributed by atoms with Gasteiger partial charge in [-0.05, 0) is 43.9 Å². The summed E-state index contributed by atoms with van der Waals surface area (Å²) in [5.41, 5.74) is 0.784. The first-order chi connectivity index (χ1) is 13.0.